The van der Waals surface area contributed by atoms with Crippen LogP contribution in [0.4, 0.5) is 5.69 Å². The van der Waals surface area contributed by atoms with Gasteiger partial charge in [-0.05, 0) is 24.5 Å². The van der Waals surface area contributed by atoms with Gasteiger partial charge in [0.1, 0.15) is 0 Å². The van der Waals surface area contributed by atoms with Crippen molar-refractivity contribution < 1.29 is 4.79 Å². The average Bonchev–Trinajstić information content (AvgIpc) is 2.40. The van der Waals surface area contributed by atoms with Gasteiger partial charge in [-0.15, -0.1) is 11.6 Å². The Kier molecular flexibility index (Phi) is 4.43. The summed E-state index contributed by atoms with van der Waals surface area (Å²) in [7, 11) is 0. The number of halogens is 1. The van der Waals surface area contributed by atoms with E-state index in [9.17, 15) is 4.79 Å². The molecule has 0 saturated heterocycles. The summed E-state index contributed by atoms with van der Waals surface area (Å²) in [6.45, 7) is 0. The lowest BCUT2D eigenvalue weighted by molar-refractivity contribution is -0.120. The maximum absolute atomic E-state index is 12.1. The molecule has 1 fully saturated rings. The van der Waals surface area contributed by atoms with Crippen molar-refractivity contribution in [2.45, 2.75) is 38.0 Å². The molecule has 2 nitrogen and oxygen atoms in total. The molecule has 0 radical (unpaired) electrons. The van der Waals surface area contributed by atoms with Crippen molar-refractivity contribution in [1.82, 2.24) is 0 Å². The number of hydrogen-bond acceptors (Lipinski definition) is 1. The fourth-order valence-corrected chi connectivity index (χ4v) is 2.59. The van der Waals surface area contributed by atoms with E-state index in [1.54, 1.807) is 0 Å². The third kappa shape index (κ3) is 3.22. The van der Waals surface area contributed by atoms with Gasteiger partial charge in [-0.2, -0.15) is 0 Å². The highest BCUT2D eigenvalue weighted by Gasteiger charge is 2.21. The molecule has 0 atom stereocenters. The summed E-state index contributed by atoms with van der Waals surface area (Å²) in [6, 6.07) is 7.72. The predicted molar refractivity (Wildman–Crippen MR) is 71.2 cm³/mol. The van der Waals surface area contributed by atoms with E-state index in [0.29, 0.717) is 5.88 Å². The maximum Gasteiger partial charge on any atom is 0.227 e. The minimum atomic E-state index is 0.155. The highest BCUT2D eigenvalue weighted by molar-refractivity contribution is 6.17. The number of benzene rings is 1. The first-order valence-electron chi connectivity index (χ1n) is 6.26. The number of carbonyl (C=O) groups is 1. The quantitative estimate of drug-likeness (QED) is 0.810. The molecule has 0 unspecified atom stereocenters. The molecule has 0 bridgehead atoms. The zero-order valence-electron chi connectivity index (χ0n) is 9.92. The number of nitrogens with one attached hydrogen (secondary N) is 1. The van der Waals surface area contributed by atoms with E-state index in [4.69, 9.17) is 11.6 Å². The van der Waals surface area contributed by atoms with Crippen molar-refractivity contribution >= 4 is 23.2 Å². The number of carbonyl (C=O) groups excluding carboxylic acids is 1. The van der Waals surface area contributed by atoms with Gasteiger partial charge in [-0.3, -0.25) is 4.79 Å². The van der Waals surface area contributed by atoms with E-state index in [0.717, 1.165) is 24.1 Å². The summed E-state index contributed by atoms with van der Waals surface area (Å²) in [5.74, 6) is 0.774. The largest absolute Gasteiger partial charge is 0.326 e. The molecule has 0 aliphatic heterocycles. The lowest BCUT2D eigenvalue weighted by Gasteiger charge is -2.21. The first kappa shape index (κ1) is 12.4. The van der Waals surface area contributed by atoms with Crippen molar-refractivity contribution in [3.8, 4) is 0 Å². The van der Waals surface area contributed by atoms with E-state index in [-0.39, 0.29) is 11.8 Å². The molecular formula is C14H18ClNO. The molecule has 17 heavy (non-hydrogen) atoms. The summed E-state index contributed by atoms with van der Waals surface area (Å²) >= 11 is 5.85. The highest BCUT2D eigenvalue weighted by Crippen LogP contribution is 2.26. The van der Waals surface area contributed by atoms with Crippen molar-refractivity contribution in [3.05, 3.63) is 29.8 Å². The van der Waals surface area contributed by atoms with Gasteiger partial charge in [0.25, 0.3) is 0 Å². The van der Waals surface area contributed by atoms with Gasteiger partial charge in [0.15, 0.2) is 0 Å². The van der Waals surface area contributed by atoms with Crippen LogP contribution in [-0.2, 0) is 10.7 Å². The second-order valence-corrected chi connectivity index (χ2v) is 4.88. The van der Waals surface area contributed by atoms with Crippen LogP contribution in [0.25, 0.3) is 0 Å². The molecule has 92 valence electrons. The SMILES string of the molecule is O=C(Nc1ccccc1CCl)C1CCCCC1. The minimum absolute atomic E-state index is 0.155. The van der Waals surface area contributed by atoms with Gasteiger partial charge in [0.2, 0.25) is 5.91 Å². The fraction of sp³-hybridized carbons (Fsp3) is 0.500. The smallest absolute Gasteiger partial charge is 0.227 e. The van der Waals surface area contributed by atoms with Crippen LogP contribution >= 0.6 is 11.6 Å². The molecule has 0 aromatic heterocycles. The molecule has 1 aliphatic carbocycles. The third-order valence-electron chi connectivity index (χ3n) is 3.40. The van der Waals surface area contributed by atoms with E-state index in [1.165, 1.54) is 19.3 Å². The molecule has 1 N–H and O–H groups in total. The van der Waals surface area contributed by atoms with Gasteiger partial charge in [0, 0.05) is 17.5 Å². The van der Waals surface area contributed by atoms with E-state index >= 15 is 0 Å². The van der Waals surface area contributed by atoms with Crippen LogP contribution in [-0.4, -0.2) is 5.91 Å². The van der Waals surface area contributed by atoms with Gasteiger partial charge < -0.3 is 5.32 Å². The van der Waals surface area contributed by atoms with E-state index in [1.807, 2.05) is 24.3 Å². The molecule has 1 aromatic carbocycles. The zero-order valence-corrected chi connectivity index (χ0v) is 10.7. The first-order valence-corrected chi connectivity index (χ1v) is 6.79. The molecule has 1 amide bonds. The van der Waals surface area contributed by atoms with Crippen LogP contribution in [0.3, 0.4) is 0 Å². The topological polar surface area (TPSA) is 29.1 Å². The van der Waals surface area contributed by atoms with Crippen LogP contribution < -0.4 is 5.32 Å². The monoisotopic (exact) mass is 251 g/mol. The third-order valence-corrected chi connectivity index (χ3v) is 3.68. The predicted octanol–water partition coefficient (Wildman–Crippen LogP) is 3.94. The zero-order chi connectivity index (χ0) is 12.1. The highest BCUT2D eigenvalue weighted by atomic mass is 35.5. The van der Waals surface area contributed by atoms with Crippen LogP contribution in [0, 0.1) is 5.92 Å². The Morgan fingerprint density at radius 1 is 1.24 bits per heavy atom. The molecule has 1 saturated carbocycles. The first-order chi connectivity index (χ1) is 8.31. The van der Waals surface area contributed by atoms with E-state index in [2.05, 4.69) is 5.32 Å². The van der Waals surface area contributed by atoms with Crippen LogP contribution in [0.15, 0.2) is 24.3 Å². The Hall–Kier alpha value is -1.02. The molecule has 2 rings (SSSR count). The number of anilines is 1. The van der Waals surface area contributed by atoms with E-state index < -0.39 is 0 Å². The second-order valence-electron chi connectivity index (χ2n) is 4.61. The van der Waals surface area contributed by atoms with Crippen LogP contribution in [0.5, 0.6) is 0 Å². The Balaban J connectivity index is 2.01. The van der Waals surface area contributed by atoms with Crippen LogP contribution in [0.1, 0.15) is 37.7 Å². The molecule has 1 aromatic rings. The minimum Gasteiger partial charge on any atom is -0.326 e. The lowest BCUT2D eigenvalue weighted by Crippen LogP contribution is -2.25. The Labute approximate surface area is 107 Å². The number of alkyl halides is 1. The Morgan fingerprint density at radius 2 is 1.94 bits per heavy atom. The van der Waals surface area contributed by atoms with Gasteiger partial charge >= 0.3 is 0 Å². The van der Waals surface area contributed by atoms with Crippen molar-refractivity contribution in [2.75, 3.05) is 5.32 Å². The Bertz CT molecular complexity index is 386. The fourth-order valence-electron chi connectivity index (χ4n) is 2.36. The van der Waals surface area contributed by atoms with Crippen LogP contribution in [0.2, 0.25) is 0 Å². The number of para-hydroxylation sites is 1. The van der Waals surface area contributed by atoms with Crippen molar-refractivity contribution in [1.29, 1.82) is 0 Å². The van der Waals surface area contributed by atoms with Gasteiger partial charge in [-0.25, -0.2) is 0 Å². The standard InChI is InChI=1S/C14H18ClNO/c15-10-12-8-4-5-9-13(12)16-14(17)11-6-2-1-3-7-11/h4-5,8-9,11H,1-3,6-7,10H2,(H,16,17). The summed E-state index contributed by atoms with van der Waals surface area (Å²) in [6.07, 6.45) is 5.66. The summed E-state index contributed by atoms with van der Waals surface area (Å²) in [4.78, 5) is 12.1. The number of rotatable bonds is 3. The average molecular weight is 252 g/mol. The van der Waals surface area contributed by atoms with Crippen molar-refractivity contribution in [3.63, 3.8) is 0 Å². The number of hydrogen-bond donors (Lipinski definition) is 1. The molecule has 3 heteroatoms. The van der Waals surface area contributed by atoms with Gasteiger partial charge in [-0.1, -0.05) is 37.5 Å². The number of amides is 1. The summed E-state index contributed by atoms with van der Waals surface area (Å²) in [5.41, 5.74) is 1.84. The second kappa shape index (κ2) is 6.06. The lowest BCUT2D eigenvalue weighted by atomic mass is 9.88. The normalized spacial score (nSPS) is 16.8. The van der Waals surface area contributed by atoms with Crippen molar-refractivity contribution in [2.24, 2.45) is 5.92 Å². The summed E-state index contributed by atoms with van der Waals surface area (Å²) < 4.78 is 0. The van der Waals surface area contributed by atoms with Gasteiger partial charge in [0.05, 0.1) is 0 Å². The molecule has 0 spiro atoms. The maximum atomic E-state index is 12.1. The molecule has 0 heterocycles. The molecular weight excluding hydrogens is 234 g/mol. The molecule has 1 aliphatic rings. The Morgan fingerprint density at radius 3 is 2.65 bits per heavy atom. The summed E-state index contributed by atoms with van der Waals surface area (Å²) in [5, 5.41) is 3.01.